The van der Waals surface area contributed by atoms with Gasteiger partial charge in [0, 0.05) is 44.9 Å². The van der Waals surface area contributed by atoms with Gasteiger partial charge >= 0.3 is 0 Å². The maximum Gasteiger partial charge on any atom is 0.0641 e. The van der Waals surface area contributed by atoms with E-state index in [1.807, 2.05) is 12.1 Å². The van der Waals surface area contributed by atoms with Gasteiger partial charge in [0.05, 0.1) is 16.8 Å². The van der Waals surface area contributed by atoms with Crippen LogP contribution in [-0.4, -0.2) is 4.57 Å². The van der Waals surface area contributed by atoms with Crippen LogP contribution >= 0.6 is 23.2 Å². The van der Waals surface area contributed by atoms with E-state index in [4.69, 9.17) is 23.2 Å². The summed E-state index contributed by atoms with van der Waals surface area (Å²) in [7, 11) is 0. The molecule has 150 valence electrons. The molecule has 2 heterocycles. The van der Waals surface area contributed by atoms with Crippen LogP contribution in [0.5, 0.6) is 0 Å². The normalized spacial score (nSPS) is 22.3. The summed E-state index contributed by atoms with van der Waals surface area (Å²) in [4.78, 5) is 0. The number of aryl methyl sites for hydroxylation is 1. The Kier molecular flexibility index (Phi) is 4.16. The van der Waals surface area contributed by atoms with Crippen molar-refractivity contribution in [3.63, 3.8) is 0 Å². The van der Waals surface area contributed by atoms with E-state index in [1.165, 1.54) is 27.4 Å². The Morgan fingerprint density at radius 3 is 2.63 bits per heavy atom. The number of fused-ring (bicyclic) bond motifs is 6. The van der Waals surface area contributed by atoms with Gasteiger partial charge in [-0.1, -0.05) is 59.6 Å². The molecule has 1 aliphatic carbocycles. The third-order valence-electron chi connectivity index (χ3n) is 6.89. The van der Waals surface area contributed by atoms with Gasteiger partial charge in [-0.25, -0.2) is 0 Å². The largest absolute Gasteiger partial charge is 0.376 e. The van der Waals surface area contributed by atoms with Crippen molar-refractivity contribution in [1.82, 2.24) is 4.57 Å². The van der Waals surface area contributed by atoms with E-state index in [1.54, 1.807) is 0 Å². The summed E-state index contributed by atoms with van der Waals surface area (Å²) in [5, 5.41) is 7.93. The third kappa shape index (κ3) is 2.50. The highest BCUT2D eigenvalue weighted by Crippen LogP contribution is 2.53. The van der Waals surface area contributed by atoms with Crippen LogP contribution in [0.1, 0.15) is 36.4 Å². The number of rotatable bonds is 2. The van der Waals surface area contributed by atoms with Crippen molar-refractivity contribution >= 4 is 50.7 Å². The number of allylic oxidation sites excluding steroid dienone is 2. The highest BCUT2D eigenvalue weighted by atomic mass is 35.5. The van der Waals surface area contributed by atoms with E-state index in [0.29, 0.717) is 11.8 Å². The summed E-state index contributed by atoms with van der Waals surface area (Å²) in [6.45, 7) is 3.17. The van der Waals surface area contributed by atoms with E-state index < -0.39 is 0 Å². The van der Waals surface area contributed by atoms with E-state index in [-0.39, 0.29) is 6.04 Å². The number of halogens is 2. The molecule has 0 saturated carbocycles. The summed E-state index contributed by atoms with van der Waals surface area (Å²) in [6.07, 6.45) is 5.64. The first-order valence-electron chi connectivity index (χ1n) is 10.6. The van der Waals surface area contributed by atoms with Crippen LogP contribution in [0.2, 0.25) is 10.0 Å². The van der Waals surface area contributed by atoms with Gasteiger partial charge in [0.2, 0.25) is 0 Å². The Balaban J connectivity index is 1.54. The number of aromatic nitrogens is 1. The maximum absolute atomic E-state index is 6.60. The van der Waals surface area contributed by atoms with Crippen LogP contribution in [-0.2, 0) is 6.54 Å². The quantitative estimate of drug-likeness (QED) is 0.318. The highest BCUT2D eigenvalue weighted by Gasteiger charge is 2.40. The van der Waals surface area contributed by atoms with E-state index in [9.17, 15) is 0 Å². The number of para-hydroxylation sites is 1. The Morgan fingerprint density at radius 2 is 1.77 bits per heavy atom. The molecule has 6 rings (SSSR count). The first-order valence-corrected chi connectivity index (χ1v) is 11.3. The zero-order chi connectivity index (χ0) is 20.4. The molecule has 0 amide bonds. The van der Waals surface area contributed by atoms with Crippen molar-refractivity contribution in [2.24, 2.45) is 5.92 Å². The fourth-order valence-corrected chi connectivity index (χ4v) is 6.07. The Hall–Kier alpha value is -2.42. The fraction of sp³-hybridized carbons (Fsp3) is 0.231. The summed E-state index contributed by atoms with van der Waals surface area (Å²) in [5.74, 6) is 0.732. The van der Waals surface area contributed by atoms with Crippen molar-refractivity contribution in [3.8, 4) is 0 Å². The van der Waals surface area contributed by atoms with Gasteiger partial charge < -0.3 is 9.88 Å². The number of nitrogens with zero attached hydrogens (tertiary/aromatic N) is 1. The molecule has 2 aliphatic rings. The minimum atomic E-state index is 0.196. The predicted molar refractivity (Wildman–Crippen MR) is 128 cm³/mol. The van der Waals surface area contributed by atoms with E-state index in [0.717, 1.165) is 34.3 Å². The first-order chi connectivity index (χ1) is 14.7. The summed E-state index contributed by atoms with van der Waals surface area (Å²) in [5.41, 5.74) is 6.02. The van der Waals surface area contributed by atoms with Crippen LogP contribution in [0.25, 0.3) is 21.8 Å². The molecular formula is C26H22Cl2N2. The van der Waals surface area contributed by atoms with Crippen LogP contribution in [0.15, 0.2) is 66.7 Å². The fourth-order valence-electron chi connectivity index (χ4n) is 5.56. The third-order valence-corrected chi connectivity index (χ3v) is 7.53. The SMILES string of the molecule is CCn1c2ccccc2c2cc(C3Nc4c(Cl)ccc(Cl)c4C4C=CCC43)ccc21. The molecule has 3 aromatic carbocycles. The van der Waals surface area contributed by atoms with Crippen LogP contribution in [0, 0.1) is 5.92 Å². The van der Waals surface area contributed by atoms with Crippen molar-refractivity contribution < 1.29 is 0 Å². The molecular weight excluding hydrogens is 411 g/mol. The lowest BCUT2D eigenvalue weighted by atomic mass is 9.77. The first kappa shape index (κ1) is 18.4. The second-order valence-electron chi connectivity index (χ2n) is 8.33. The molecule has 0 bridgehead atoms. The van der Waals surface area contributed by atoms with Crippen LogP contribution < -0.4 is 5.32 Å². The zero-order valence-electron chi connectivity index (χ0n) is 16.7. The molecule has 1 N–H and O–H groups in total. The van der Waals surface area contributed by atoms with Gasteiger partial charge in [0.25, 0.3) is 0 Å². The van der Waals surface area contributed by atoms with Crippen LogP contribution in [0.3, 0.4) is 0 Å². The second-order valence-corrected chi connectivity index (χ2v) is 9.15. The average Bonchev–Trinajstić information content (AvgIpc) is 3.38. The van der Waals surface area contributed by atoms with Crippen molar-refractivity contribution in [1.29, 1.82) is 0 Å². The van der Waals surface area contributed by atoms with Crippen molar-refractivity contribution in [3.05, 3.63) is 87.9 Å². The van der Waals surface area contributed by atoms with Crippen molar-refractivity contribution in [2.75, 3.05) is 5.32 Å². The van der Waals surface area contributed by atoms with Gasteiger partial charge in [-0.15, -0.1) is 0 Å². The van der Waals surface area contributed by atoms with E-state index >= 15 is 0 Å². The molecule has 1 aliphatic heterocycles. The lowest BCUT2D eigenvalue weighted by Gasteiger charge is -2.38. The molecule has 30 heavy (non-hydrogen) atoms. The van der Waals surface area contributed by atoms with E-state index in [2.05, 4.69) is 71.4 Å². The van der Waals surface area contributed by atoms with Gasteiger partial charge in [-0.05, 0) is 55.2 Å². The predicted octanol–water partition coefficient (Wildman–Crippen LogP) is 7.95. The molecule has 3 unspecified atom stereocenters. The lowest BCUT2D eigenvalue weighted by molar-refractivity contribution is 0.426. The molecule has 4 aromatic rings. The van der Waals surface area contributed by atoms with Crippen molar-refractivity contribution in [2.45, 2.75) is 31.8 Å². The monoisotopic (exact) mass is 432 g/mol. The average molecular weight is 433 g/mol. The Morgan fingerprint density at radius 1 is 0.967 bits per heavy atom. The summed E-state index contributed by atoms with van der Waals surface area (Å²) in [6, 6.07) is 19.6. The molecule has 0 fully saturated rings. The van der Waals surface area contributed by atoms with Gasteiger partial charge in [-0.2, -0.15) is 0 Å². The molecule has 0 radical (unpaired) electrons. The second kappa shape index (κ2) is 6.80. The molecule has 3 atom stereocenters. The number of benzene rings is 3. The smallest absolute Gasteiger partial charge is 0.0641 e. The number of hydrogen-bond acceptors (Lipinski definition) is 1. The minimum Gasteiger partial charge on any atom is -0.376 e. The van der Waals surface area contributed by atoms with Crippen LogP contribution in [0.4, 0.5) is 5.69 Å². The minimum absolute atomic E-state index is 0.196. The summed E-state index contributed by atoms with van der Waals surface area (Å²) >= 11 is 13.2. The molecule has 0 spiro atoms. The van der Waals surface area contributed by atoms with Gasteiger partial charge in [0.15, 0.2) is 0 Å². The molecule has 0 saturated heterocycles. The Bertz CT molecular complexity index is 1330. The van der Waals surface area contributed by atoms with Gasteiger partial charge in [-0.3, -0.25) is 0 Å². The topological polar surface area (TPSA) is 17.0 Å². The summed E-state index contributed by atoms with van der Waals surface area (Å²) < 4.78 is 2.40. The Labute approximate surface area is 186 Å². The molecule has 2 nitrogen and oxygen atoms in total. The number of anilines is 1. The lowest BCUT2D eigenvalue weighted by Crippen LogP contribution is -2.29. The van der Waals surface area contributed by atoms with Gasteiger partial charge in [0.1, 0.15) is 0 Å². The zero-order valence-corrected chi connectivity index (χ0v) is 18.2. The maximum atomic E-state index is 6.60. The standard InChI is InChI=1S/C26H22Cl2N2/c1-2-30-22-9-4-3-6-16(22)19-14-15(10-13-23(19)30)25-18-8-5-7-17(18)24-20(27)11-12-21(28)26(24)29-25/h3-7,9-14,17-18,25,29H,2,8H2,1H3. The number of nitrogens with one attached hydrogen (secondary N) is 1. The molecule has 4 heteroatoms. The number of hydrogen-bond donors (Lipinski definition) is 1. The highest BCUT2D eigenvalue weighted by molar-refractivity contribution is 6.36. The molecule has 1 aromatic heterocycles.